The Hall–Kier alpha value is -1.61. The summed E-state index contributed by atoms with van der Waals surface area (Å²) in [5.74, 6) is 0.307. The Labute approximate surface area is 111 Å². The number of fused-ring (bicyclic) bond motifs is 1. The number of carbonyl (C=O) groups excluding carboxylic acids is 1. The summed E-state index contributed by atoms with van der Waals surface area (Å²) < 4.78 is 0. The number of benzene rings is 1. The van der Waals surface area contributed by atoms with Gasteiger partial charge in [0.05, 0.1) is 11.1 Å². The number of pyridine rings is 1. The van der Waals surface area contributed by atoms with Crippen LogP contribution < -0.4 is 5.32 Å². The van der Waals surface area contributed by atoms with E-state index in [0.717, 1.165) is 10.9 Å². The van der Waals surface area contributed by atoms with E-state index < -0.39 is 0 Å². The molecule has 1 heterocycles. The van der Waals surface area contributed by atoms with Gasteiger partial charge in [-0.2, -0.15) is 0 Å². The largest absolute Gasteiger partial charge is 0.352 e. The molecule has 0 unspecified atom stereocenters. The molecular formula is C14H15ClN2O. The van der Waals surface area contributed by atoms with Gasteiger partial charge >= 0.3 is 0 Å². The fourth-order valence-corrected chi connectivity index (χ4v) is 1.92. The van der Waals surface area contributed by atoms with Crippen LogP contribution in [0.3, 0.4) is 0 Å². The maximum atomic E-state index is 12.1. The molecule has 0 atom stereocenters. The third-order valence-corrected chi connectivity index (χ3v) is 2.79. The molecule has 94 valence electrons. The summed E-state index contributed by atoms with van der Waals surface area (Å²) in [6, 6.07) is 9.10. The van der Waals surface area contributed by atoms with Crippen LogP contribution in [0.15, 0.2) is 30.3 Å². The van der Waals surface area contributed by atoms with E-state index in [0.29, 0.717) is 23.2 Å². The number of hydrogen-bond acceptors (Lipinski definition) is 2. The number of nitrogens with one attached hydrogen (secondary N) is 1. The van der Waals surface area contributed by atoms with Gasteiger partial charge in [0.15, 0.2) is 0 Å². The number of nitrogens with zero attached hydrogens (tertiary/aromatic N) is 1. The lowest BCUT2D eigenvalue weighted by Crippen LogP contribution is -2.27. The van der Waals surface area contributed by atoms with Gasteiger partial charge in [0.1, 0.15) is 5.15 Å². The number of carbonyl (C=O) groups is 1. The van der Waals surface area contributed by atoms with Gasteiger partial charge in [0, 0.05) is 11.9 Å². The van der Waals surface area contributed by atoms with Crippen molar-refractivity contribution in [3.05, 3.63) is 41.0 Å². The Morgan fingerprint density at radius 1 is 1.39 bits per heavy atom. The fourth-order valence-electron chi connectivity index (χ4n) is 1.72. The second-order valence-corrected chi connectivity index (χ2v) is 5.00. The van der Waals surface area contributed by atoms with E-state index in [4.69, 9.17) is 11.6 Å². The van der Waals surface area contributed by atoms with Crippen LogP contribution in [0, 0.1) is 5.92 Å². The summed E-state index contributed by atoms with van der Waals surface area (Å²) in [6.45, 7) is 4.75. The van der Waals surface area contributed by atoms with Crippen LogP contribution >= 0.6 is 11.6 Å². The minimum absolute atomic E-state index is 0.107. The highest BCUT2D eigenvalue weighted by Gasteiger charge is 2.12. The maximum absolute atomic E-state index is 12.1. The average molecular weight is 263 g/mol. The van der Waals surface area contributed by atoms with Gasteiger partial charge < -0.3 is 5.32 Å². The van der Waals surface area contributed by atoms with E-state index in [1.807, 2.05) is 24.3 Å². The summed E-state index contributed by atoms with van der Waals surface area (Å²) in [6.07, 6.45) is 0. The van der Waals surface area contributed by atoms with Crippen LogP contribution in [-0.4, -0.2) is 17.4 Å². The zero-order valence-electron chi connectivity index (χ0n) is 10.4. The lowest BCUT2D eigenvalue weighted by atomic mass is 10.1. The number of hydrogen-bond donors (Lipinski definition) is 1. The quantitative estimate of drug-likeness (QED) is 0.863. The molecule has 4 heteroatoms. The highest BCUT2D eigenvalue weighted by Crippen LogP contribution is 2.20. The SMILES string of the molecule is CC(C)CNC(=O)c1cc(Cl)nc2ccccc12. The minimum atomic E-state index is -0.107. The number of para-hydroxylation sites is 1. The van der Waals surface area contributed by atoms with Gasteiger partial charge in [0.2, 0.25) is 0 Å². The Morgan fingerprint density at radius 3 is 2.83 bits per heavy atom. The van der Waals surface area contributed by atoms with E-state index in [1.54, 1.807) is 6.07 Å². The summed E-state index contributed by atoms with van der Waals surface area (Å²) in [5.41, 5.74) is 1.31. The molecule has 1 N–H and O–H groups in total. The molecule has 2 rings (SSSR count). The molecule has 0 bridgehead atoms. The van der Waals surface area contributed by atoms with Crippen molar-refractivity contribution in [2.24, 2.45) is 5.92 Å². The van der Waals surface area contributed by atoms with Gasteiger partial charge in [-0.15, -0.1) is 0 Å². The van der Waals surface area contributed by atoms with Crippen molar-refractivity contribution in [3.63, 3.8) is 0 Å². The standard InChI is InChI=1S/C14H15ClN2O/c1-9(2)8-16-14(18)11-7-13(15)17-12-6-4-3-5-10(11)12/h3-7,9H,8H2,1-2H3,(H,16,18). The monoisotopic (exact) mass is 262 g/mol. The number of aromatic nitrogens is 1. The Balaban J connectivity index is 2.40. The average Bonchev–Trinajstić information content (AvgIpc) is 2.34. The first-order valence-corrected chi connectivity index (χ1v) is 6.29. The molecule has 1 amide bonds. The van der Waals surface area contributed by atoms with Crippen LogP contribution in [0.1, 0.15) is 24.2 Å². The topological polar surface area (TPSA) is 42.0 Å². The number of halogens is 1. The molecule has 0 saturated carbocycles. The van der Waals surface area contributed by atoms with Crippen LogP contribution in [0.25, 0.3) is 10.9 Å². The van der Waals surface area contributed by atoms with Gasteiger partial charge in [-0.05, 0) is 18.1 Å². The van der Waals surface area contributed by atoms with Crippen LogP contribution in [-0.2, 0) is 0 Å². The van der Waals surface area contributed by atoms with Crippen molar-refractivity contribution in [2.75, 3.05) is 6.54 Å². The summed E-state index contributed by atoms with van der Waals surface area (Å²) in [4.78, 5) is 16.3. The highest BCUT2D eigenvalue weighted by molar-refractivity contribution is 6.30. The van der Waals surface area contributed by atoms with Crippen molar-refractivity contribution < 1.29 is 4.79 Å². The van der Waals surface area contributed by atoms with Crippen molar-refractivity contribution in [2.45, 2.75) is 13.8 Å². The van der Waals surface area contributed by atoms with E-state index in [9.17, 15) is 4.79 Å². The predicted molar refractivity (Wildman–Crippen MR) is 73.9 cm³/mol. The smallest absolute Gasteiger partial charge is 0.252 e. The van der Waals surface area contributed by atoms with E-state index in [-0.39, 0.29) is 5.91 Å². The van der Waals surface area contributed by atoms with Crippen molar-refractivity contribution in [1.82, 2.24) is 10.3 Å². The van der Waals surface area contributed by atoms with Gasteiger partial charge in [-0.1, -0.05) is 43.6 Å². The zero-order valence-corrected chi connectivity index (χ0v) is 11.2. The summed E-state index contributed by atoms with van der Waals surface area (Å²) in [7, 11) is 0. The molecule has 0 aliphatic rings. The molecule has 1 aromatic carbocycles. The van der Waals surface area contributed by atoms with Gasteiger partial charge in [-0.3, -0.25) is 4.79 Å². The lowest BCUT2D eigenvalue weighted by Gasteiger charge is -2.10. The Morgan fingerprint density at radius 2 is 2.11 bits per heavy atom. The first-order valence-electron chi connectivity index (χ1n) is 5.91. The molecule has 1 aromatic heterocycles. The molecule has 0 spiro atoms. The van der Waals surface area contributed by atoms with Crippen LogP contribution in [0.4, 0.5) is 0 Å². The lowest BCUT2D eigenvalue weighted by molar-refractivity contribution is 0.0950. The predicted octanol–water partition coefficient (Wildman–Crippen LogP) is 3.27. The van der Waals surface area contributed by atoms with Crippen molar-refractivity contribution in [3.8, 4) is 0 Å². The summed E-state index contributed by atoms with van der Waals surface area (Å²) in [5, 5.41) is 4.05. The highest BCUT2D eigenvalue weighted by atomic mass is 35.5. The fraction of sp³-hybridized carbons (Fsp3) is 0.286. The number of amides is 1. The van der Waals surface area contributed by atoms with Crippen LogP contribution in [0.5, 0.6) is 0 Å². The maximum Gasteiger partial charge on any atom is 0.252 e. The molecule has 0 aliphatic heterocycles. The normalized spacial score (nSPS) is 10.9. The van der Waals surface area contributed by atoms with E-state index in [1.165, 1.54) is 0 Å². The zero-order chi connectivity index (χ0) is 13.1. The second kappa shape index (κ2) is 5.36. The molecule has 0 aliphatic carbocycles. The molecular weight excluding hydrogens is 248 g/mol. The molecule has 2 aromatic rings. The molecule has 0 radical (unpaired) electrons. The first-order chi connectivity index (χ1) is 8.58. The Bertz CT molecular complexity index is 581. The molecule has 0 fully saturated rings. The van der Waals surface area contributed by atoms with Crippen molar-refractivity contribution >= 4 is 28.4 Å². The van der Waals surface area contributed by atoms with E-state index in [2.05, 4.69) is 24.1 Å². The van der Waals surface area contributed by atoms with Gasteiger partial charge in [0.25, 0.3) is 5.91 Å². The van der Waals surface area contributed by atoms with Crippen molar-refractivity contribution in [1.29, 1.82) is 0 Å². The minimum Gasteiger partial charge on any atom is -0.352 e. The molecule has 18 heavy (non-hydrogen) atoms. The van der Waals surface area contributed by atoms with Crippen LogP contribution in [0.2, 0.25) is 5.15 Å². The molecule has 0 saturated heterocycles. The van der Waals surface area contributed by atoms with Gasteiger partial charge in [-0.25, -0.2) is 4.98 Å². The number of rotatable bonds is 3. The first kappa shape index (κ1) is 12.8. The third-order valence-electron chi connectivity index (χ3n) is 2.60. The molecule has 3 nitrogen and oxygen atoms in total. The Kier molecular flexibility index (Phi) is 3.82. The second-order valence-electron chi connectivity index (χ2n) is 4.61. The summed E-state index contributed by atoms with van der Waals surface area (Å²) >= 11 is 5.94. The van der Waals surface area contributed by atoms with E-state index >= 15 is 0 Å². The third kappa shape index (κ3) is 2.79.